The molecule has 0 aliphatic rings. The van der Waals surface area contributed by atoms with Crippen molar-refractivity contribution in [3.63, 3.8) is 0 Å². The van der Waals surface area contributed by atoms with Gasteiger partial charge in [0.2, 0.25) is 0 Å². The molecule has 2 aromatic rings. The largest absolute Gasteiger partial charge is 0.457 e. The van der Waals surface area contributed by atoms with E-state index < -0.39 is 58.7 Å². The molecule has 0 radical (unpaired) electrons. The minimum atomic E-state index is -4.95. The highest BCUT2D eigenvalue weighted by molar-refractivity contribution is 5.92. The molecule has 4 nitrogen and oxygen atoms in total. The van der Waals surface area contributed by atoms with Crippen LogP contribution >= 0.6 is 0 Å². The fourth-order valence-electron chi connectivity index (χ4n) is 2.62. The molecule has 0 bridgehead atoms. The maximum absolute atomic E-state index is 14.1. The van der Waals surface area contributed by atoms with E-state index in [1.807, 2.05) is 0 Å². The maximum atomic E-state index is 14.1. The number of carbonyl (C=O) groups is 1. The molecule has 2 aromatic carbocycles. The molecule has 11 heteroatoms. The number of esters is 1. The Balaban J connectivity index is 2.34. The lowest BCUT2D eigenvalue weighted by Gasteiger charge is -2.16. The van der Waals surface area contributed by atoms with E-state index >= 15 is 0 Å². The number of alkyl halides is 6. The Hall–Kier alpha value is -3.11. The first-order chi connectivity index (χ1) is 14.8. The topological polar surface area (TPSA) is 41.9 Å². The first-order valence-electron chi connectivity index (χ1n) is 9.23. The fourth-order valence-corrected chi connectivity index (χ4v) is 2.62. The Morgan fingerprint density at radius 3 is 2.28 bits per heavy atom. The van der Waals surface area contributed by atoms with E-state index in [-0.39, 0.29) is 5.56 Å². The Kier molecular flexibility index (Phi) is 7.53. The average molecular weight is 464 g/mol. The molecule has 0 spiro atoms. The molecule has 0 fully saturated rings. The van der Waals surface area contributed by atoms with Gasteiger partial charge in [-0.1, -0.05) is 12.1 Å². The van der Waals surface area contributed by atoms with Crippen LogP contribution in [-0.2, 0) is 23.7 Å². The maximum Gasteiger partial charge on any atom is 0.419 e. The highest BCUT2D eigenvalue weighted by Crippen LogP contribution is 2.38. The van der Waals surface area contributed by atoms with Gasteiger partial charge in [-0.25, -0.2) is 14.2 Å². The number of ether oxygens (including phenoxy) is 1. The normalized spacial score (nSPS) is 12.3. The summed E-state index contributed by atoms with van der Waals surface area (Å²) in [7, 11) is 1.61. The smallest absolute Gasteiger partial charge is 0.419 e. The molecule has 0 aliphatic heterocycles. The van der Waals surface area contributed by atoms with Gasteiger partial charge in [0.05, 0.1) is 28.7 Å². The molecule has 174 valence electrons. The average Bonchev–Trinajstić information content (AvgIpc) is 2.69. The lowest BCUT2D eigenvalue weighted by Crippen LogP contribution is -2.15. The van der Waals surface area contributed by atoms with Crippen molar-refractivity contribution >= 4 is 18.0 Å². The summed E-state index contributed by atoms with van der Waals surface area (Å²) in [6.07, 6.45) is -8.59. The van der Waals surface area contributed by atoms with E-state index in [0.29, 0.717) is 18.7 Å². The van der Waals surface area contributed by atoms with Gasteiger partial charge in [0.1, 0.15) is 12.4 Å². The van der Waals surface area contributed by atoms with E-state index in [9.17, 15) is 35.5 Å². The van der Waals surface area contributed by atoms with E-state index in [2.05, 4.69) is 4.99 Å². The van der Waals surface area contributed by atoms with Crippen LogP contribution in [0.25, 0.3) is 0 Å². The van der Waals surface area contributed by atoms with Crippen molar-refractivity contribution in [2.75, 3.05) is 13.6 Å². The second-order valence-corrected chi connectivity index (χ2v) is 6.85. The second-order valence-electron chi connectivity index (χ2n) is 6.85. The molecule has 0 atom stereocenters. The van der Waals surface area contributed by atoms with Gasteiger partial charge in [-0.05, 0) is 37.6 Å². The summed E-state index contributed by atoms with van der Waals surface area (Å²) >= 11 is 0. The van der Waals surface area contributed by atoms with Crippen LogP contribution < -0.4 is 0 Å². The van der Waals surface area contributed by atoms with Crippen molar-refractivity contribution in [2.24, 2.45) is 4.99 Å². The Bertz CT molecular complexity index is 1010. The Labute approximate surface area is 179 Å². The summed E-state index contributed by atoms with van der Waals surface area (Å²) in [4.78, 5) is 17.7. The van der Waals surface area contributed by atoms with Crippen LogP contribution in [0.4, 0.5) is 36.4 Å². The van der Waals surface area contributed by atoms with E-state index in [1.54, 1.807) is 18.9 Å². The summed E-state index contributed by atoms with van der Waals surface area (Å²) < 4.78 is 97.8. The number of nitrogens with zero attached hydrogens (tertiary/aromatic N) is 2. The zero-order valence-corrected chi connectivity index (χ0v) is 17.2. The molecule has 0 N–H and O–H groups in total. The highest BCUT2D eigenvalue weighted by atomic mass is 19.4. The molecule has 0 saturated carbocycles. The molecule has 2 rings (SSSR count). The number of aryl methyl sites for hydroxylation is 1. The van der Waals surface area contributed by atoms with Gasteiger partial charge >= 0.3 is 18.3 Å². The minimum Gasteiger partial charge on any atom is -0.457 e. The quantitative estimate of drug-likeness (QED) is 0.223. The Morgan fingerprint density at radius 1 is 1.09 bits per heavy atom. The summed E-state index contributed by atoms with van der Waals surface area (Å²) in [5.74, 6) is -2.86. The third-order valence-corrected chi connectivity index (χ3v) is 4.50. The number of rotatable bonds is 6. The zero-order valence-electron chi connectivity index (χ0n) is 17.2. The molecule has 0 saturated heterocycles. The van der Waals surface area contributed by atoms with Crippen LogP contribution in [0.15, 0.2) is 35.3 Å². The molecule has 32 heavy (non-hydrogen) atoms. The third kappa shape index (κ3) is 5.98. The van der Waals surface area contributed by atoms with Crippen molar-refractivity contribution in [1.82, 2.24) is 4.90 Å². The van der Waals surface area contributed by atoms with Gasteiger partial charge in [0.25, 0.3) is 0 Å². The van der Waals surface area contributed by atoms with Gasteiger partial charge in [-0.3, -0.25) is 0 Å². The van der Waals surface area contributed by atoms with E-state index in [0.717, 1.165) is 18.2 Å². The van der Waals surface area contributed by atoms with Gasteiger partial charge in [0, 0.05) is 19.2 Å². The third-order valence-electron chi connectivity index (χ3n) is 4.50. The second kappa shape index (κ2) is 9.58. The number of benzene rings is 2. The van der Waals surface area contributed by atoms with Gasteiger partial charge in [-0.15, -0.1) is 0 Å². The van der Waals surface area contributed by atoms with Crippen LogP contribution in [0.1, 0.15) is 39.5 Å². The number of hydrogen-bond acceptors (Lipinski definition) is 3. The van der Waals surface area contributed by atoms with Crippen molar-refractivity contribution in [3.05, 3.63) is 64.0 Å². The molecule has 0 aliphatic carbocycles. The monoisotopic (exact) mass is 464 g/mol. The lowest BCUT2D eigenvalue weighted by atomic mass is 10.0. The highest BCUT2D eigenvalue weighted by Gasteiger charge is 2.36. The van der Waals surface area contributed by atoms with Crippen molar-refractivity contribution in [2.45, 2.75) is 32.8 Å². The number of halogens is 7. The fraction of sp³-hybridized carbons (Fsp3) is 0.333. The summed E-state index contributed by atoms with van der Waals surface area (Å²) in [5.41, 5.74) is -4.09. The van der Waals surface area contributed by atoms with Gasteiger partial charge < -0.3 is 9.64 Å². The van der Waals surface area contributed by atoms with Crippen LogP contribution in [0.5, 0.6) is 0 Å². The van der Waals surface area contributed by atoms with Crippen molar-refractivity contribution in [1.29, 1.82) is 0 Å². The van der Waals surface area contributed by atoms with E-state index in [1.165, 1.54) is 13.3 Å². The molecule has 0 unspecified atom stereocenters. The molecular formula is C21H19F7N2O2. The molecule has 0 heterocycles. The molecular weight excluding hydrogens is 445 g/mol. The number of aliphatic imine (C=N–C) groups is 1. The van der Waals surface area contributed by atoms with E-state index in [4.69, 9.17) is 4.74 Å². The summed E-state index contributed by atoms with van der Waals surface area (Å²) in [6.45, 7) is 2.73. The predicted molar refractivity (Wildman–Crippen MR) is 103 cm³/mol. The predicted octanol–water partition coefficient (Wildman–Crippen LogP) is 6.14. The van der Waals surface area contributed by atoms with Crippen LogP contribution in [0, 0.1) is 12.7 Å². The number of hydrogen-bond donors (Lipinski definition) is 0. The van der Waals surface area contributed by atoms with Crippen LogP contribution in [-0.4, -0.2) is 30.8 Å². The molecule has 0 aromatic heterocycles. The van der Waals surface area contributed by atoms with Gasteiger partial charge in [-0.2, -0.15) is 26.3 Å². The lowest BCUT2D eigenvalue weighted by molar-refractivity contribution is -0.140. The standard InChI is InChI=1S/C21H19F7N2O2/c1-4-30(3)11-29-17-8-12(2)14(9-16(17)21(26,27)28)19(31)32-10-13-6-5-7-15(18(13)22)20(23,24)25/h5-9,11H,4,10H2,1-3H3. The van der Waals surface area contributed by atoms with Crippen LogP contribution in [0.3, 0.4) is 0 Å². The van der Waals surface area contributed by atoms with Crippen LogP contribution in [0.2, 0.25) is 0 Å². The van der Waals surface area contributed by atoms with Gasteiger partial charge in [0.15, 0.2) is 0 Å². The Morgan fingerprint density at radius 2 is 1.72 bits per heavy atom. The van der Waals surface area contributed by atoms with Crippen molar-refractivity contribution < 1.29 is 40.3 Å². The first-order valence-corrected chi connectivity index (χ1v) is 9.23. The number of carbonyl (C=O) groups excluding carboxylic acids is 1. The van der Waals surface area contributed by atoms with Crippen molar-refractivity contribution in [3.8, 4) is 0 Å². The minimum absolute atomic E-state index is 0.0961. The summed E-state index contributed by atoms with van der Waals surface area (Å²) in [5, 5.41) is 0. The first kappa shape index (κ1) is 25.2. The zero-order chi connectivity index (χ0) is 24.3. The molecule has 0 amide bonds. The SMILES string of the molecule is CCN(C)C=Nc1cc(C)c(C(=O)OCc2cccc(C(F)(F)F)c2F)cc1C(F)(F)F. The summed E-state index contributed by atoms with van der Waals surface area (Å²) in [6, 6.07) is 4.04.